The van der Waals surface area contributed by atoms with Crippen molar-refractivity contribution in [3.8, 4) is 11.1 Å². The Balaban J connectivity index is 0.00000145. The second-order valence-corrected chi connectivity index (χ2v) is 6.37. The number of thiol groups is 1. The first-order valence-corrected chi connectivity index (χ1v) is 9.74. The molecule has 0 bridgehead atoms. The Hall–Kier alpha value is -3.09. The quantitative estimate of drug-likeness (QED) is 0.280. The van der Waals surface area contributed by atoms with Gasteiger partial charge in [0.25, 0.3) is 11.8 Å². The van der Waals surface area contributed by atoms with Gasteiger partial charge < -0.3 is 5.32 Å². The minimum atomic E-state index is -0.589. The summed E-state index contributed by atoms with van der Waals surface area (Å²) in [7, 11) is 0. The fraction of sp³-hybridized carbons (Fsp3) is 0.130. The van der Waals surface area contributed by atoms with E-state index in [1.807, 2.05) is 56.3 Å². The molecule has 0 atom stereocenters. The van der Waals surface area contributed by atoms with Crippen LogP contribution in [0.5, 0.6) is 0 Å². The van der Waals surface area contributed by atoms with Crippen molar-refractivity contribution in [2.75, 3.05) is 0 Å². The number of carbonyl (C=O) groups excluding carboxylic acids is 2. The van der Waals surface area contributed by atoms with Gasteiger partial charge in [0.2, 0.25) is 0 Å². The molecule has 0 heterocycles. The molecule has 2 amide bonds. The van der Waals surface area contributed by atoms with Crippen molar-refractivity contribution in [1.29, 1.82) is 0 Å². The van der Waals surface area contributed by atoms with Gasteiger partial charge >= 0.3 is 0 Å². The van der Waals surface area contributed by atoms with Gasteiger partial charge in [-0.2, -0.15) is 0 Å². The van der Waals surface area contributed by atoms with Crippen molar-refractivity contribution < 1.29 is 14.8 Å². The SMILES string of the molecule is CC.O=C(NCc1ccc(C(=O)NO)c(-c2ccccc2)c1)c1ccccc1S. The number of hydrogen-bond donors (Lipinski definition) is 4. The lowest BCUT2D eigenvalue weighted by molar-refractivity contribution is 0.0707. The molecule has 29 heavy (non-hydrogen) atoms. The van der Waals surface area contributed by atoms with E-state index in [9.17, 15) is 9.59 Å². The predicted molar refractivity (Wildman–Crippen MR) is 117 cm³/mol. The Kier molecular flexibility index (Phi) is 8.45. The fourth-order valence-corrected chi connectivity index (χ4v) is 3.02. The molecule has 3 N–H and O–H groups in total. The number of hydrogen-bond acceptors (Lipinski definition) is 4. The lowest BCUT2D eigenvalue weighted by atomic mass is 9.96. The lowest BCUT2D eigenvalue weighted by Crippen LogP contribution is -2.23. The molecule has 150 valence electrons. The largest absolute Gasteiger partial charge is 0.348 e. The molecule has 0 fully saturated rings. The summed E-state index contributed by atoms with van der Waals surface area (Å²) in [5, 5.41) is 11.9. The Bertz CT molecular complexity index is 975. The van der Waals surface area contributed by atoms with E-state index in [1.165, 1.54) is 0 Å². The Morgan fingerprint density at radius 1 is 0.862 bits per heavy atom. The fourth-order valence-electron chi connectivity index (χ4n) is 2.76. The van der Waals surface area contributed by atoms with Gasteiger partial charge in [0.1, 0.15) is 0 Å². The maximum Gasteiger partial charge on any atom is 0.275 e. The highest BCUT2D eigenvalue weighted by Gasteiger charge is 2.14. The van der Waals surface area contributed by atoms with Gasteiger partial charge in [-0.3, -0.25) is 14.8 Å². The Morgan fingerprint density at radius 2 is 1.52 bits per heavy atom. The molecule has 6 heteroatoms. The van der Waals surface area contributed by atoms with Gasteiger partial charge in [-0.1, -0.05) is 62.4 Å². The second-order valence-electron chi connectivity index (χ2n) is 5.89. The summed E-state index contributed by atoms with van der Waals surface area (Å²) in [6.07, 6.45) is 0. The highest BCUT2D eigenvalue weighted by Crippen LogP contribution is 2.25. The first-order valence-electron chi connectivity index (χ1n) is 9.29. The van der Waals surface area contributed by atoms with E-state index in [1.54, 1.807) is 35.8 Å². The monoisotopic (exact) mass is 408 g/mol. The summed E-state index contributed by atoms with van der Waals surface area (Å²) in [5.41, 5.74) is 4.85. The summed E-state index contributed by atoms with van der Waals surface area (Å²) in [6.45, 7) is 4.29. The molecular formula is C23H24N2O3S. The van der Waals surface area contributed by atoms with E-state index >= 15 is 0 Å². The van der Waals surface area contributed by atoms with E-state index in [4.69, 9.17) is 5.21 Å². The first kappa shape index (κ1) is 22.2. The number of nitrogens with one attached hydrogen (secondary N) is 2. The van der Waals surface area contributed by atoms with Gasteiger partial charge in [0.05, 0.1) is 5.56 Å². The van der Waals surface area contributed by atoms with Gasteiger partial charge in [0, 0.05) is 17.0 Å². The van der Waals surface area contributed by atoms with Crippen LogP contribution in [0.15, 0.2) is 77.7 Å². The van der Waals surface area contributed by atoms with E-state index in [-0.39, 0.29) is 5.91 Å². The van der Waals surface area contributed by atoms with Gasteiger partial charge in [0.15, 0.2) is 0 Å². The number of hydroxylamine groups is 1. The van der Waals surface area contributed by atoms with Crippen molar-refractivity contribution in [1.82, 2.24) is 10.8 Å². The van der Waals surface area contributed by atoms with E-state index < -0.39 is 5.91 Å². The van der Waals surface area contributed by atoms with Crippen LogP contribution in [0.1, 0.15) is 40.1 Å². The number of carbonyl (C=O) groups is 2. The standard InChI is InChI=1S/C21H18N2O3S.C2H6/c24-20(17-8-4-5-9-19(17)27)22-13-14-10-11-16(21(25)23-26)18(12-14)15-6-2-1-3-7-15;1-2/h1-12,26-27H,13H2,(H,22,24)(H,23,25);1-2H3. The van der Waals surface area contributed by atoms with Gasteiger partial charge in [-0.05, 0) is 41.0 Å². The van der Waals surface area contributed by atoms with Crippen LogP contribution < -0.4 is 10.8 Å². The normalized spacial score (nSPS) is 9.79. The molecule has 3 rings (SSSR count). The molecule has 0 aliphatic heterocycles. The van der Waals surface area contributed by atoms with Crippen molar-refractivity contribution in [3.05, 3.63) is 89.5 Å². The molecule has 5 nitrogen and oxygen atoms in total. The van der Waals surface area contributed by atoms with Crippen molar-refractivity contribution in [3.63, 3.8) is 0 Å². The highest BCUT2D eigenvalue weighted by atomic mass is 32.1. The Labute approximate surface area is 176 Å². The maximum atomic E-state index is 12.4. The summed E-state index contributed by atoms with van der Waals surface area (Å²) < 4.78 is 0. The van der Waals surface area contributed by atoms with Crippen molar-refractivity contribution in [2.45, 2.75) is 25.3 Å². The zero-order chi connectivity index (χ0) is 21.2. The third kappa shape index (κ3) is 5.70. The smallest absolute Gasteiger partial charge is 0.275 e. The van der Waals surface area contributed by atoms with Crippen LogP contribution in [0.4, 0.5) is 0 Å². The summed E-state index contributed by atoms with van der Waals surface area (Å²) >= 11 is 4.30. The minimum Gasteiger partial charge on any atom is -0.348 e. The van der Waals surface area contributed by atoms with Gasteiger partial charge in [-0.15, -0.1) is 12.6 Å². The lowest BCUT2D eigenvalue weighted by Gasteiger charge is -2.12. The predicted octanol–water partition coefficient (Wildman–Crippen LogP) is 4.72. The minimum absolute atomic E-state index is 0.223. The number of benzene rings is 3. The third-order valence-corrected chi connectivity index (χ3v) is 4.51. The molecule has 3 aromatic rings. The molecule has 0 saturated carbocycles. The summed E-state index contributed by atoms with van der Waals surface area (Å²) in [6, 6.07) is 21.6. The van der Waals surface area contributed by atoms with Crippen molar-refractivity contribution in [2.24, 2.45) is 0 Å². The topological polar surface area (TPSA) is 78.4 Å². The molecular weight excluding hydrogens is 384 g/mol. The third-order valence-electron chi connectivity index (χ3n) is 4.12. The Morgan fingerprint density at radius 3 is 2.17 bits per heavy atom. The molecule has 0 radical (unpaired) electrons. The second kappa shape index (κ2) is 11.0. The van der Waals surface area contributed by atoms with E-state index in [0.717, 1.165) is 11.1 Å². The number of amides is 2. The van der Waals surface area contributed by atoms with Crippen molar-refractivity contribution >= 4 is 24.4 Å². The molecule has 0 saturated heterocycles. The average Bonchev–Trinajstić information content (AvgIpc) is 2.79. The maximum absolute atomic E-state index is 12.4. The van der Waals surface area contributed by atoms with Crippen LogP contribution in [0.3, 0.4) is 0 Å². The first-order chi connectivity index (χ1) is 14.1. The average molecular weight is 409 g/mol. The van der Waals surface area contributed by atoms with Crippen LogP contribution in [-0.2, 0) is 6.54 Å². The molecule has 0 aliphatic carbocycles. The molecule has 3 aromatic carbocycles. The molecule has 0 aliphatic rings. The van der Waals surface area contributed by atoms with E-state index in [0.29, 0.717) is 28.1 Å². The van der Waals surface area contributed by atoms with Crippen LogP contribution in [0, 0.1) is 0 Å². The van der Waals surface area contributed by atoms with Gasteiger partial charge in [-0.25, -0.2) is 5.48 Å². The zero-order valence-corrected chi connectivity index (χ0v) is 17.2. The zero-order valence-electron chi connectivity index (χ0n) is 16.3. The molecule has 0 spiro atoms. The summed E-state index contributed by atoms with van der Waals surface area (Å²) in [4.78, 5) is 24.9. The number of rotatable bonds is 5. The van der Waals surface area contributed by atoms with Crippen LogP contribution in [-0.4, -0.2) is 17.0 Å². The summed E-state index contributed by atoms with van der Waals surface area (Å²) in [5.74, 6) is -0.813. The van der Waals surface area contributed by atoms with Crippen LogP contribution in [0.25, 0.3) is 11.1 Å². The van der Waals surface area contributed by atoms with Crippen LogP contribution >= 0.6 is 12.6 Å². The van der Waals surface area contributed by atoms with E-state index in [2.05, 4.69) is 17.9 Å². The highest BCUT2D eigenvalue weighted by molar-refractivity contribution is 7.80. The molecule has 0 unspecified atom stereocenters. The van der Waals surface area contributed by atoms with Crippen LogP contribution in [0.2, 0.25) is 0 Å². The molecule has 0 aromatic heterocycles.